The van der Waals surface area contributed by atoms with E-state index in [1.165, 1.54) is 0 Å². The van der Waals surface area contributed by atoms with Crippen molar-refractivity contribution in [2.45, 2.75) is 13.5 Å². The average molecular weight is 295 g/mol. The fourth-order valence-electron chi connectivity index (χ4n) is 2.28. The number of rotatable bonds is 5. The molecule has 0 amide bonds. The molecule has 0 aliphatic heterocycles. The van der Waals surface area contributed by atoms with Crippen molar-refractivity contribution in [3.8, 4) is 22.7 Å². The van der Waals surface area contributed by atoms with Gasteiger partial charge in [0.1, 0.15) is 11.4 Å². The summed E-state index contributed by atoms with van der Waals surface area (Å²) in [6, 6.07) is 11.6. The Morgan fingerprint density at radius 1 is 1.09 bits per heavy atom. The van der Waals surface area contributed by atoms with E-state index in [1.807, 2.05) is 43.3 Å². The highest BCUT2D eigenvalue weighted by Gasteiger charge is 2.15. The van der Waals surface area contributed by atoms with Crippen molar-refractivity contribution < 1.29 is 4.74 Å². The minimum atomic E-state index is 0.328. The van der Waals surface area contributed by atoms with E-state index >= 15 is 0 Å². The Morgan fingerprint density at radius 3 is 2.45 bits per heavy atom. The molecule has 0 saturated heterocycles. The number of benzene rings is 1. The van der Waals surface area contributed by atoms with Crippen LogP contribution in [0.1, 0.15) is 12.6 Å². The minimum absolute atomic E-state index is 0.328. The molecule has 3 aromatic rings. The summed E-state index contributed by atoms with van der Waals surface area (Å²) in [5.74, 6) is 0.830. The first kappa shape index (κ1) is 14.2. The molecule has 2 N–H and O–H groups in total. The van der Waals surface area contributed by atoms with Gasteiger partial charge in [-0.15, -0.1) is 5.10 Å². The van der Waals surface area contributed by atoms with E-state index in [-0.39, 0.29) is 0 Å². The molecule has 0 aliphatic carbocycles. The molecular formula is C16H17N5O. The first-order valence-corrected chi connectivity index (χ1v) is 7.11. The Morgan fingerprint density at radius 2 is 1.82 bits per heavy atom. The number of ether oxygens (including phenoxy) is 1. The lowest BCUT2D eigenvalue weighted by molar-refractivity contribution is 0.340. The van der Waals surface area contributed by atoms with E-state index in [9.17, 15) is 0 Å². The normalized spacial score (nSPS) is 10.6. The molecular weight excluding hydrogens is 278 g/mol. The molecule has 2 heterocycles. The van der Waals surface area contributed by atoms with Gasteiger partial charge in [-0.05, 0) is 43.3 Å². The molecule has 0 bridgehead atoms. The van der Waals surface area contributed by atoms with Crippen LogP contribution in [0.15, 0.2) is 48.8 Å². The van der Waals surface area contributed by atoms with Crippen LogP contribution in [0.25, 0.3) is 16.9 Å². The van der Waals surface area contributed by atoms with Crippen LogP contribution in [0.4, 0.5) is 0 Å². The summed E-state index contributed by atoms with van der Waals surface area (Å²) >= 11 is 0. The quantitative estimate of drug-likeness (QED) is 0.780. The Balaban J connectivity index is 2.06. The highest BCUT2D eigenvalue weighted by Crippen LogP contribution is 2.25. The van der Waals surface area contributed by atoms with Gasteiger partial charge in [-0.1, -0.05) is 5.21 Å². The maximum absolute atomic E-state index is 5.79. The Hall–Kier alpha value is -2.73. The monoisotopic (exact) mass is 295 g/mol. The highest BCUT2D eigenvalue weighted by molar-refractivity contribution is 5.63. The molecule has 0 saturated carbocycles. The van der Waals surface area contributed by atoms with E-state index < -0.39 is 0 Å². The number of aromatic nitrogens is 4. The molecule has 6 nitrogen and oxygen atoms in total. The van der Waals surface area contributed by atoms with E-state index in [0.29, 0.717) is 13.2 Å². The topological polar surface area (TPSA) is 78.8 Å². The third kappa shape index (κ3) is 2.68. The standard InChI is InChI=1S/C16H17N5O/c1-2-22-14-5-3-13(4-6-14)21-16(15(11-17)19-20-21)12-7-9-18-10-8-12/h3-10H,2,11,17H2,1H3. The zero-order valence-electron chi connectivity index (χ0n) is 12.3. The third-order valence-electron chi connectivity index (χ3n) is 3.28. The van der Waals surface area contributed by atoms with Crippen LogP contribution in [0.2, 0.25) is 0 Å². The lowest BCUT2D eigenvalue weighted by Crippen LogP contribution is -2.03. The number of hydrogen-bond acceptors (Lipinski definition) is 5. The Kier molecular flexibility index (Phi) is 4.11. The summed E-state index contributed by atoms with van der Waals surface area (Å²) in [4.78, 5) is 4.05. The number of nitrogens with two attached hydrogens (primary N) is 1. The van der Waals surface area contributed by atoms with Crippen molar-refractivity contribution in [1.82, 2.24) is 20.0 Å². The summed E-state index contributed by atoms with van der Waals surface area (Å²) in [7, 11) is 0. The van der Waals surface area contributed by atoms with Crippen LogP contribution in [0.5, 0.6) is 5.75 Å². The van der Waals surface area contributed by atoms with Gasteiger partial charge in [-0.25, -0.2) is 4.68 Å². The molecule has 6 heteroatoms. The zero-order valence-corrected chi connectivity index (χ0v) is 12.3. The lowest BCUT2D eigenvalue weighted by Gasteiger charge is -2.09. The summed E-state index contributed by atoms with van der Waals surface area (Å²) in [6.07, 6.45) is 3.48. The molecule has 112 valence electrons. The van der Waals surface area contributed by atoms with E-state index in [1.54, 1.807) is 17.1 Å². The van der Waals surface area contributed by atoms with Gasteiger partial charge in [-0.3, -0.25) is 4.98 Å². The molecule has 0 radical (unpaired) electrons. The zero-order chi connectivity index (χ0) is 15.4. The largest absolute Gasteiger partial charge is 0.494 e. The van der Waals surface area contributed by atoms with Crippen LogP contribution in [0, 0.1) is 0 Å². The van der Waals surface area contributed by atoms with Crippen molar-refractivity contribution in [3.05, 3.63) is 54.5 Å². The summed E-state index contributed by atoms with van der Waals surface area (Å²) in [5, 5.41) is 8.42. The molecule has 1 aromatic carbocycles. The second kappa shape index (κ2) is 6.36. The van der Waals surface area contributed by atoms with Crippen molar-refractivity contribution in [2.75, 3.05) is 6.61 Å². The van der Waals surface area contributed by atoms with Crippen LogP contribution >= 0.6 is 0 Å². The van der Waals surface area contributed by atoms with Crippen molar-refractivity contribution in [3.63, 3.8) is 0 Å². The molecule has 0 atom stereocenters. The summed E-state index contributed by atoms with van der Waals surface area (Å²) in [5.41, 5.74) is 9.31. The van der Waals surface area contributed by atoms with Crippen molar-refractivity contribution in [1.29, 1.82) is 0 Å². The molecule has 0 spiro atoms. The number of pyridine rings is 1. The molecule has 0 fully saturated rings. The summed E-state index contributed by atoms with van der Waals surface area (Å²) in [6.45, 7) is 2.93. The van der Waals surface area contributed by atoms with Crippen molar-refractivity contribution in [2.24, 2.45) is 5.73 Å². The SMILES string of the molecule is CCOc1ccc(-n2nnc(CN)c2-c2ccncc2)cc1. The highest BCUT2D eigenvalue weighted by atomic mass is 16.5. The van der Waals surface area contributed by atoms with Gasteiger partial charge in [-0.2, -0.15) is 0 Å². The molecule has 22 heavy (non-hydrogen) atoms. The average Bonchev–Trinajstić information content (AvgIpc) is 3.00. The minimum Gasteiger partial charge on any atom is -0.494 e. The van der Waals surface area contributed by atoms with Gasteiger partial charge in [0.05, 0.1) is 18.0 Å². The fourth-order valence-corrected chi connectivity index (χ4v) is 2.28. The number of hydrogen-bond donors (Lipinski definition) is 1. The van der Waals surface area contributed by atoms with Gasteiger partial charge in [0.25, 0.3) is 0 Å². The van der Waals surface area contributed by atoms with Gasteiger partial charge in [0.2, 0.25) is 0 Å². The fraction of sp³-hybridized carbons (Fsp3) is 0.188. The Labute approximate surface area is 128 Å². The Bertz CT molecular complexity index is 737. The van der Waals surface area contributed by atoms with Gasteiger partial charge in [0.15, 0.2) is 0 Å². The maximum atomic E-state index is 5.79. The predicted octanol–water partition coefficient (Wildman–Crippen LogP) is 2.19. The first-order chi connectivity index (χ1) is 10.8. The molecule has 2 aromatic heterocycles. The van der Waals surface area contributed by atoms with E-state index in [4.69, 9.17) is 10.5 Å². The maximum Gasteiger partial charge on any atom is 0.119 e. The van der Waals surface area contributed by atoms with Crippen LogP contribution < -0.4 is 10.5 Å². The van der Waals surface area contributed by atoms with Gasteiger partial charge >= 0.3 is 0 Å². The lowest BCUT2D eigenvalue weighted by atomic mass is 10.1. The third-order valence-corrected chi connectivity index (χ3v) is 3.28. The second-order valence-corrected chi connectivity index (χ2v) is 4.66. The smallest absolute Gasteiger partial charge is 0.119 e. The summed E-state index contributed by atoms with van der Waals surface area (Å²) < 4.78 is 7.25. The second-order valence-electron chi connectivity index (χ2n) is 4.66. The van der Waals surface area contributed by atoms with Crippen LogP contribution in [0.3, 0.4) is 0 Å². The van der Waals surface area contributed by atoms with Crippen molar-refractivity contribution >= 4 is 0 Å². The van der Waals surface area contributed by atoms with Gasteiger partial charge < -0.3 is 10.5 Å². The number of nitrogens with zero attached hydrogens (tertiary/aromatic N) is 4. The van der Waals surface area contributed by atoms with E-state index in [0.717, 1.165) is 28.4 Å². The van der Waals surface area contributed by atoms with Crippen LogP contribution in [-0.4, -0.2) is 26.6 Å². The molecule has 0 aliphatic rings. The predicted molar refractivity (Wildman–Crippen MR) is 83.7 cm³/mol. The van der Waals surface area contributed by atoms with Crippen LogP contribution in [-0.2, 0) is 6.54 Å². The molecule has 3 rings (SSSR count). The van der Waals surface area contributed by atoms with Gasteiger partial charge in [0, 0.05) is 24.5 Å². The first-order valence-electron chi connectivity index (χ1n) is 7.11. The molecule has 0 unspecified atom stereocenters. The van der Waals surface area contributed by atoms with E-state index in [2.05, 4.69) is 15.3 Å².